The molecular formula is C17H27NO2. The summed E-state index contributed by atoms with van der Waals surface area (Å²) in [5.74, 6) is -1.87. The molecule has 3 heteroatoms. The standard InChI is InChI=1S/C17H27NO2/c1-18(2)13-16(17(19)11-5-4-6-12-17)14-7-9-15(20-3)10-8-14/h7-10,16,19H,4-6,11-13H2,1-3H3/i4D2,5D2,6D2,11D2,12D2,13D2. The van der Waals surface area contributed by atoms with E-state index < -0.39 is 49.9 Å². The Hall–Kier alpha value is -1.06. The second kappa shape index (κ2) is 6.59. The van der Waals surface area contributed by atoms with Crippen LogP contribution in [0.1, 0.15) is 59.8 Å². The highest BCUT2D eigenvalue weighted by atomic mass is 16.5. The van der Waals surface area contributed by atoms with Crippen molar-refractivity contribution in [2.24, 2.45) is 0 Å². The fourth-order valence-corrected chi connectivity index (χ4v) is 1.92. The van der Waals surface area contributed by atoms with E-state index in [0.717, 1.165) is 4.90 Å². The highest BCUT2D eigenvalue weighted by Gasteiger charge is 2.38. The Morgan fingerprint density at radius 1 is 1.30 bits per heavy atom. The van der Waals surface area contributed by atoms with E-state index in [0.29, 0.717) is 5.75 Å². The maximum absolute atomic E-state index is 11.8. The molecule has 0 aliphatic heterocycles. The van der Waals surface area contributed by atoms with Gasteiger partial charge in [-0.2, -0.15) is 0 Å². The molecular weight excluding hydrogens is 250 g/mol. The molecule has 1 fully saturated rings. The molecule has 1 aromatic carbocycles. The molecule has 0 bridgehead atoms. The van der Waals surface area contributed by atoms with Gasteiger partial charge in [-0.15, -0.1) is 0 Å². The van der Waals surface area contributed by atoms with E-state index in [1.165, 1.54) is 45.5 Å². The number of likely N-dealkylation sites (N-methyl/N-ethyl adjacent to an activating group) is 1. The molecule has 1 aliphatic carbocycles. The van der Waals surface area contributed by atoms with Gasteiger partial charge >= 0.3 is 0 Å². The second-order valence-corrected chi connectivity index (χ2v) is 4.62. The molecule has 1 saturated carbocycles. The molecule has 0 aromatic heterocycles. The van der Waals surface area contributed by atoms with Gasteiger partial charge in [0, 0.05) is 28.9 Å². The maximum atomic E-state index is 11.8. The molecule has 3 nitrogen and oxygen atoms in total. The lowest BCUT2D eigenvalue weighted by Gasteiger charge is -2.40. The summed E-state index contributed by atoms with van der Waals surface area (Å²) in [4.78, 5) is 0.931. The molecule has 20 heavy (non-hydrogen) atoms. The highest BCUT2D eigenvalue weighted by molar-refractivity contribution is 5.31. The zero-order chi connectivity index (χ0) is 25.3. The van der Waals surface area contributed by atoms with Crippen LogP contribution in [-0.4, -0.2) is 43.3 Å². The van der Waals surface area contributed by atoms with Crippen LogP contribution in [0, 0.1) is 0 Å². The summed E-state index contributed by atoms with van der Waals surface area (Å²) in [6.07, 6.45) is -18.8. The summed E-state index contributed by atoms with van der Waals surface area (Å²) in [5.41, 5.74) is -3.87. The van der Waals surface area contributed by atoms with Crippen LogP contribution in [0.5, 0.6) is 5.75 Å². The first-order valence-corrected chi connectivity index (χ1v) is 6.14. The fourth-order valence-electron chi connectivity index (χ4n) is 1.92. The van der Waals surface area contributed by atoms with Crippen LogP contribution in [-0.2, 0) is 0 Å². The van der Waals surface area contributed by atoms with Crippen LogP contribution in [0.15, 0.2) is 24.3 Å². The number of hydrogen-bond acceptors (Lipinski definition) is 3. The largest absolute Gasteiger partial charge is 0.497 e. The minimum absolute atomic E-state index is 0.159. The third-order valence-corrected chi connectivity index (χ3v) is 2.89. The zero-order valence-electron chi connectivity index (χ0n) is 23.7. The number of hydrogen-bond donors (Lipinski definition) is 1. The van der Waals surface area contributed by atoms with Crippen molar-refractivity contribution in [1.29, 1.82) is 0 Å². The molecule has 0 saturated heterocycles. The minimum Gasteiger partial charge on any atom is -0.497 e. The molecule has 1 unspecified atom stereocenters. The molecule has 1 atom stereocenters. The molecule has 1 aliphatic rings. The van der Waals surface area contributed by atoms with Gasteiger partial charge in [-0.05, 0) is 44.5 Å². The Morgan fingerprint density at radius 2 is 1.90 bits per heavy atom. The van der Waals surface area contributed by atoms with E-state index in [4.69, 9.17) is 21.2 Å². The van der Waals surface area contributed by atoms with Crippen LogP contribution in [0.25, 0.3) is 0 Å². The lowest BCUT2D eigenvalue weighted by Crippen LogP contribution is -2.42. The first-order valence-electron chi connectivity index (χ1n) is 12.1. The molecule has 1 N–H and O–H groups in total. The average molecular weight is 289 g/mol. The SMILES string of the molecule is [2H]C([2H])(C(c1ccc(OC)cc1)C1(O)C([2H])([2H])C([2H])([2H])C([2H])([2H])C([2H])([2H])C1([2H])[2H])N(C)C. The molecule has 0 radical (unpaired) electrons. The summed E-state index contributed by atoms with van der Waals surface area (Å²) >= 11 is 0. The van der Waals surface area contributed by atoms with Crippen molar-refractivity contribution in [2.45, 2.75) is 43.4 Å². The monoisotopic (exact) mass is 289 g/mol. The third-order valence-electron chi connectivity index (χ3n) is 2.89. The number of methoxy groups -OCH3 is 1. The first-order chi connectivity index (χ1) is 14.1. The van der Waals surface area contributed by atoms with E-state index in [1.807, 2.05) is 0 Å². The number of aliphatic hydroxyl groups is 1. The van der Waals surface area contributed by atoms with Crippen molar-refractivity contribution in [1.82, 2.24) is 4.90 Å². The van der Waals surface area contributed by atoms with Crippen molar-refractivity contribution in [3.63, 3.8) is 0 Å². The summed E-state index contributed by atoms with van der Waals surface area (Å²) in [6, 6.07) is 5.19. The van der Waals surface area contributed by atoms with Crippen molar-refractivity contribution < 1.29 is 26.3 Å². The number of rotatable bonds is 5. The predicted octanol–water partition coefficient (Wildman–Crippen LogP) is 3.04. The van der Waals surface area contributed by atoms with Gasteiger partial charge in [0.25, 0.3) is 0 Å². The summed E-state index contributed by atoms with van der Waals surface area (Å²) in [7, 11) is 3.86. The van der Waals surface area contributed by atoms with Gasteiger partial charge < -0.3 is 14.7 Å². The summed E-state index contributed by atoms with van der Waals surface area (Å²) in [5, 5.41) is 11.8. The van der Waals surface area contributed by atoms with Crippen molar-refractivity contribution in [3.05, 3.63) is 29.8 Å². The molecule has 0 heterocycles. The van der Waals surface area contributed by atoms with Crippen molar-refractivity contribution in [3.8, 4) is 5.75 Å². The van der Waals surface area contributed by atoms with Crippen LogP contribution < -0.4 is 4.74 Å². The highest BCUT2D eigenvalue weighted by Crippen LogP contribution is 2.40. The number of benzene rings is 1. The average Bonchev–Trinajstić information content (AvgIpc) is 2.66. The van der Waals surface area contributed by atoms with Crippen LogP contribution in [0.2, 0.25) is 0 Å². The van der Waals surface area contributed by atoms with Gasteiger partial charge in [-0.1, -0.05) is 31.3 Å². The van der Waals surface area contributed by atoms with E-state index in [-0.39, 0.29) is 5.56 Å². The Balaban J connectivity index is 3.02. The second-order valence-electron chi connectivity index (χ2n) is 4.62. The van der Waals surface area contributed by atoms with Crippen LogP contribution in [0.3, 0.4) is 0 Å². The minimum atomic E-state index is -3.79. The predicted molar refractivity (Wildman–Crippen MR) is 82.3 cm³/mol. The van der Waals surface area contributed by atoms with Gasteiger partial charge in [0.1, 0.15) is 5.75 Å². The molecule has 0 spiro atoms. The lowest BCUT2D eigenvalue weighted by molar-refractivity contribution is -0.0277. The van der Waals surface area contributed by atoms with E-state index in [2.05, 4.69) is 0 Å². The fraction of sp³-hybridized carbons (Fsp3) is 0.647. The maximum Gasteiger partial charge on any atom is 0.118 e. The van der Waals surface area contributed by atoms with Crippen LogP contribution >= 0.6 is 0 Å². The van der Waals surface area contributed by atoms with E-state index in [1.54, 1.807) is 0 Å². The Labute approximate surface area is 139 Å². The summed E-state index contributed by atoms with van der Waals surface area (Å²) < 4.78 is 104. The quantitative estimate of drug-likeness (QED) is 0.904. The summed E-state index contributed by atoms with van der Waals surface area (Å²) in [6.45, 7) is -2.74. The van der Waals surface area contributed by atoms with Crippen LogP contribution in [0.4, 0.5) is 0 Å². The van der Waals surface area contributed by atoms with E-state index in [9.17, 15) is 5.11 Å². The van der Waals surface area contributed by atoms with E-state index >= 15 is 0 Å². The smallest absolute Gasteiger partial charge is 0.118 e. The zero-order valence-corrected chi connectivity index (χ0v) is 11.7. The third kappa shape index (κ3) is 3.53. The topological polar surface area (TPSA) is 32.7 Å². The van der Waals surface area contributed by atoms with Gasteiger partial charge in [0.15, 0.2) is 0 Å². The Kier molecular flexibility index (Phi) is 1.97. The molecule has 2 rings (SSSR count). The van der Waals surface area contributed by atoms with Crippen molar-refractivity contribution >= 4 is 0 Å². The van der Waals surface area contributed by atoms with Gasteiger partial charge in [-0.3, -0.25) is 0 Å². The lowest BCUT2D eigenvalue weighted by atomic mass is 9.72. The normalized spacial score (nSPS) is 42.0. The van der Waals surface area contributed by atoms with Crippen molar-refractivity contribution in [2.75, 3.05) is 27.7 Å². The molecule has 1 aromatic rings. The van der Waals surface area contributed by atoms with Gasteiger partial charge in [0.2, 0.25) is 0 Å². The number of nitrogens with zero attached hydrogens (tertiary/aromatic N) is 1. The number of ether oxygens (including phenoxy) is 1. The first kappa shape index (κ1) is 5.98. The Bertz CT molecular complexity index is 824. The Morgan fingerprint density at radius 3 is 2.40 bits per heavy atom. The van der Waals surface area contributed by atoms with Gasteiger partial charge in [-0.25, -0.2) is 0 Å². The molecule has 112 valence electrons. The molecule has 0 amide bonds. The van der Waals surface area contributed by atoms with Gasteiger partial charge in [0.05, 0.1) is 12.7 Å².